The van der Waals surface area contributed by atoms with Crippen molar-refractivity contribution in [3.8, 4) is 0 Å². The van der Waals surface area contributed by atoms with Gasteiger partial charge in [0.1, 0.15) is 0 Å². The van der Waals surface area contributed by atoms with Gasteiger partial charge in [0.05, 0.1) is 13.2 Å². The third kappa shape index (κ3) is 6.80. The highest BCUT2D eigenvalue weighted by molar-refractivity contribution is 8.77. The van der Waals surface area contributed by atoms with E-state index in [0.29, 0.717) is 13.0 Å². The second kappa shape index (κ2) is 11.2. The number of amides is 1. The van der Waals surface area contributed by atoms with Gasteiger partial charge in [-0.3, -0.25) is 9.69 Å². The maximum atomic E-state index is 12.2. The Bertz CT molecular complexity index is 558. The highest BCUT2D eigenvalue weighted by atomic mass is 33.1. The van der Waals surface area contributed by atoms with E-state index in [2.05, 4.69) is 34.5 Å². The van der Waals surface area contributed by atoms with E-state index in [1.165, 1.54) is 36.1 Å². The van der Waals surface area contributed by atoms with Gasteiger partial charge >= 0.3 is 0 Å². The molecule has 0 bridgehead atoms. The Balaban J connectivity index is 1.37. The molecule has 6 heteroatoms. The summed E-state index contributed by atoms with van der Waals surface area (Å²) in [5.41, 5.74) is 2.54. The van der Waals surface area contributed by atoms with Crippen molar-refractivity contribution in [2.75, 3.05) is 32.1 Å². The van der Waals surface area contributed by atoms with E-state index in [1.54, 1.807) is 0 Å². The predicted molar refractivity (Wildman–Crippen MR) is 111 cm³/mol. The van der Waals surface area contributed by atoms with E-state index in [0.717, 1.165) is 44.5 Å². The van der Waals surface area contributed by atoms with Crippen molar-refractivity contribution < 1.29 is 9.53 Å². The zero-order valence-electron chi connectivity index (χ0n) is 15.5. The number of nitrogens with one attached hydrogen (secondary N) is 1. The average molecular weight is 395 g/mol. The molecular weight excluding hydrogens is 364 g/mol. The number of nitrogens with zero attached hydrogens (tertiary/aromatic N) is 1. The van der Waals surface area contributed by atoms with E-state index in [-0.39, 0.29) is 5.91 Å². The summed E-state index contributed by atoms with van der Waals surface area (Å²) in [6.45, 7) is 5.17. The summed E-state index contributed by atoms with van der Waals surface area (Å²) in [4.78, 5) is 14.6. The normalized spacial score (nSPS) is 21.0. The predicted octanol–water partition coefficient (Wildman–Crippen LogP) is 3.85. The molecule has 2 fully saturated rings. The summed E-state index contributed by atoms with van der Waals surface area (Å²) in [5, 5.41) is 3.93. The summed E-state index contributed by atoms with van der Waals surface area (Å²) < 4.78 is 5.42. The lowest BCUT2D eigenvalue weighted by Gasteiger charge is -2.27. The van der Waals surface area contributed by atoms with Crippen LogP contribution in [0.2, 0.25) is 0 Å². The van der Waals surface area contributed by atoms with E-state index in [9.17, 15) is 4.79 Å². The van der Waals surface area contributed by atoms with Crippen LogP contribution in [0.5, 0.6) is 0 Å². The van der Waals surface area contributed by atoms with Crippen molar-refractivity contribution in [1.82, 2.24) is 10.2 Å². The first kappa shape index (κ1) is 20.1. The summed E-state index contributed by atoms with van der Waals surface area (Å²) >= 11 is 0. The van der Waals surface area contributed by atoms with Crippen LogP contribution in [-0.2, 0) is 22.6 Å². The fraction of sp³-hybridized carbons (Fsp3) is 0.650. The molecule has 2 aliphatic rings. The second-order valence-electron chi connectivity index (χ2n) is 7.01. The number of morpholine rings is 1. The Morgan fingerprint density at radius 3 is 2.77 bits per heavy atom. The van der Waals surface area contributed by atoms with E-state index >= 15 is 0 Å². The number of carbonyl (C=O) groups is 1. The summed E-state index contributed by atoms with van der Waals surface area (Å²) in [6, 6.07) is 8.45. The molecule has 1 amide bonds. The third-order valence-electron chi connectivity index (χ3n) is 5.00. The molecule has 1 N–H and O–H groups in total. The fourth-order valence-corrected chi connectivity index (χ4v) is 6.42. The summed E-state index contributed by atoms with van der Waals surface area (Å²) in [7, 11) is 4.02. The smallest absolute Gasteiger partial charge is 0.220 e. The van der Waals surface area contributed by atoms with E-state index in [1.807, 2.05) is 21.6 Å². The first-order chi connectivity index (χ1) is 12.8. The molecule has 0 saturated carbocycles. The van der Waals surface area contributed by atoms with Crippen LogP contribution in [0.25, 0.3) is 0 Å². The first-order valence-corrected chi connectivity index (χ1v) is 12.1. The molecule has 144 valence electrons. The number of hydrogen-bond donors (Lipinski definition) is 1. The van der Waals surface area contributed by atoms with Crippen LogP contribution in [0.15, 0.2) is 24.3 Å². The minimum absolute atomic E-state index is 0.180. The first-order valence-electron chi connectivity index (χ1n) is 9.73. The van der Waals surface area contributed by atoms with Crippen LogP contribution in [-0.4, -0.2) is 48.1 Å². The van der Waals surface area contributed by atoms with E-state index < -0.39 is 0 Å². The molecule has 0 aromatic heterocycles. The molecule has 2 aliphatic heterocycles. The molecular formula is C20H30N2O2S2. The minimum Gasteiger partial charge on any atom is -0.379 e. The largest absolute Gasteiger partial charge is 0.379 e. The SMILES string of the molecule is O=C(CCCCC1CCSS1)NCc1ccccc1CN1CCOCC1. The maximum Gasteiger partial charge on any atom is 0.220 e. The monoisotopic (exact) mass is 394 g/mol. The molecule has 1 atom stereocenters. The van der Waals surface area contributed by atoms with Gasteiger partial charge in [-0.05, 0) is 30.4 Å². The zero-order chi connectivity index (χ0) is 18.0. The maximum absolute atomic E-state index is 12.2. The Labute approximate surface area is 165 Å². The Kier molecular flexibility index (Phi) is 8.66. The molecule has 1 unspecified atom stereocenters. The van der Waals surface area contributed by atoms with Crippen molar-refractivity contribution in [3.63, 3.8) is 0 Å². The number of carbonyl (C=O) groups excluding carboxylic acids is 1. The lowest BCUT2D eigenvalue weighted by atomic mass is 10.1. The standard InChI is InChI=1S/C20H30N2O2S2/c23-20(8-4-3-7-19-9-14-25-26-19)21-15-17-5-1-2-6-18(17)16-22-10-12-24-13-11-22/h1-2,5-6,19H,3-4,7-16H2,(H,21,23). The van der Waals surface area contributed by atoms with Crippen LogP contribution >= 0.6 is 21.6 Å². The summed E-state index contributed by atoms with van der Waals surface area (Å²) in [6.07, 6.45) is 5.41. The van der Waals surface area contributed by atoms with Gasteiger partial charge in [0.2, 0.25) is 5.91 Å². The van der Waals surface area contributed by atoms with Crippen LogP contribution in [0.1, 0.15) is 43.2 Å². The molecule has 2 heterocycles. The number of rotatable bonds is 9. The van der Waals surface area contributed by atoms with Gasteiger partial charge in [0.15, 0.2) is 0 Å². The zero-order valence-corrected chi connectivity index (χ0v) is 17.1. The highest BCUT2D eigenvalue weighted by Crippen LogP contribution is 2.39. The molecule has 1 aromatic carbocycles. The molecule has 3 rings (SSSR count). The van der Waals surface area contributed by atoms with Crippen molar-refractivity contribution >= 4 is 27.5 Å². The molecule has 0 spiro atoms. The van der Waals surface area contributed by atoms with Crippen molar-refractivity contribution in [3.05, 3.63) is 35.4 Å². The van der Waals surface area contributed by atoms with Gasteiger partial charge in [-0.2, -0.15) is 0 Å². The minimum atomic E-state index is 0.180. The van der Waals surface area contributed by atoms with Gasteiger partial charge in [0.25, 0.3) is 0 Å². The second-order valence-corrected chi connectivity index (χ2v) is 9.80. The van der Waals surface area contributed by atoms with Gasteiger partial charge in [-0.15, -0.1) is 0 Å². The summed E-state index contributed by atoms with van der Waals surface area (Å²) in [5.74, 6) is 1.47. The van der Waals surface area contributed by atoms with E-state index in [4.69, 9.17) is 4.74 Å². The average Bonchev–Trinajstić information content (AvgIpc) is 3.19. The van der Waals surface area contributed by atoms with Crippen molar-refractivity contribution in [2.45, 2.75) is 50.4 Å². The molecule has 4 nitrogen and oxygen atoms in total. The molecule has 2 saturated heterocycles. The quantitative estimate of drug-likeness (QED) is 0.509. The third-order valence-corrected chi connectivity index (χ3v) is 8.01. The molecule has 26 heavy (non-hydrogen) atoms. The van der Waals surface area contributed by atoms with Crippen LogP contribution in [0.4, 0.5) is 0 Å². The Morgan fingerprint density at radius 1 is 1.19 bits per heavy atom. The topological polar surface area (TPSA) is 41.6 Å². The molecule has 1 aromatic rings. The Morgan fingerprint density at radius 2 is 2.00 bits per heavy atom. The van der Waals surface area contributed by atoms with Crippen LogP contribution < -0.4 is 5.32 Å². The van der Waals surface area contributed by atoms with Crippen molar-refractivity contribution in [1.29, 1.82) is 0 Å². The number of benzene rings is 1. The van der Waals surface area contributed by atoms with Crippen molar-refractivity contribution in [2.24, 2.45) is 0 Å². The lowest BCUT2D eigenvalue weighted by Crippen LogP contribution is -2.36. The number of unbranched alkanes of at least 4 members (excludes halogenated alkanes) is 1. The lowest BCUT2D eigenvalue weighted by molar-refractivity contribution is -0.121. The Hall–Kier alpha value is -0.690. The molecule has 0 radical (unpaired) electrons. The van der Waals surface area contributed by atoms with Gasteiger partial charge < -0.3 is 10.1 Å². The van der Waals surface area contributed by atoms with Gasteiger partial charge in [0, 0.05) is 43.6 Å². The fourth-order valence-electron chi connectivity index (χ4n) is 3.39. The van der Waals surface area contributed by atoms with Gasteiger partial charge in [-0.1, -0.05) is 52.3 Å². The number of hydrogen-bond acceptors (Lipinski definition) is 5. The number of ether oxygens (including phenoxy) is 1. The van der Waals surface area contributed by atoms with Crippen LogP contribution in [0.3, 0.4) is 0 Å². The highest BCUT2D eigenvalue weighted by Gasteiger charge is 2.16. The van der Waals surface area contributed by atoms with Gasteiger partial charge in [-0.25, -0.2) is 0 Å². The molecule has 0 aliphatic carbocycles. The van der Waals surface area contributed by atoms with Crippen LogP contribution in [0, 0.1) is 0 Å².